The number of rotatable bonds is 9. The zero-order valence-corrected chi connectivity index (χ0v) is 15.2. The molecule has 0 saturated carbocycles. The van der Waals surface area contributed by atoms with Gasteiger partial charge in [-0.15, -0.1) is 0 Å². The van der Waals surface area contributed by atoms with Crippen molar-refractivity contribution in [2.45, 2.75) is 64.4 Å². The molecule has 0 saturated heterocycles. The summed E-state index contributed by atoms with van der Waals surface area (Å²) in [4.78, 5) is 0. The van der Waals surface area contributed by atoms with Crippen LogP contribution in [0.15, 0.2) is 24.3 Å². The van der Waals surface area contributed by atoms with Gasteiger partial charge in [-0.05, 0) is 57.6 Å². The second-order valence-corrected chi connectivity index (χ2v) is 7.21. The summed E-state index contributed by atoms with van der Waals surface area (Å²) in [7, 11) is 0. The normalized spacial score (nSPS) is 13.5. The lowest BCUT2D eigenvalue weighted by atomic mass is 10.0. The summed E-state index contributed by atoms with van der Waals surface area (Å²) >= 11 is 1.98. The molecule has 2 nitrogen and oxygen atoms in total. The molecule has 0 radical (unpaired) electrons. The van der Waals surface area contributed by atoms with E-state index < -0.39 is 0 Å². The molecule has 0 heterocycles. The molecular weight excluding hydrogens is 278 g/mol. The number of benzene rings is 1. The first-order valence-electron chi connectivity index (χ1n) is 8.01. The zero-order chi connectivity index (χ0) is 15.9. The molecule has 0 aliphatic rings. The largest absolute Gasteiger partial charge is 0.491 e. The lowest BCUT2D eigenvalue weighted by Gasteiger charge is -2.31. The molecule has 0 amide bonds. The Kier molecular flexibility index (Phi) is 7.61. The van der Waals surface area contributed by atoms with E-state index in [1.807, 2.05) is 11.8 Å². The molecule has 0 aliphatic carbocycles. The zero-order valence-electron chi connectivity index (χ0n) is 14.4. The van der Waals surface area contributed by atoms with Crippen LogP contribution < -0.4 is 10.1 Å². The van der Waals surface area contributed by atoms with Crippen molar-refractivity contribution in [1.82, 2.24) is 5.32 Å². The SMILES string of the molecule is CCC(CC)(CNC(C)c1ccc(OC(C)C)cc1)SC. The lowest BCUT2D eigenvalue weighted by Crippen LogP contribution is -2.37. The van der Waals surface area contributed by atoms with E-state index >= 15 is 0 Å². The average Bonchev–Trinajstić information content (AvgIpc) is 2.49. The van der Waals surface area contributed by atoms with E-state index in [0.717, 1.165) is 12.3 Å². The Balaban J connectivity index is 2.61. The summed E-state index contributed by atoms with van der Waals surface area (Å²) in [5, 5.41) is 3.69. The van der Waals surface area contributed by atoms with Gasteiger partial charge in [0.25, 0.3) is 0 Å². The van der Waals surface area contributed by atoms with Crippen molar-refractivity contribution in [1.29, 1.82) is 0 Å². The van der Waals surface area contributed by atoms with Crippen molar-refractivity contribution >= 4 is 11.8 Å². The van der Waals surface area contributed by atoms with Crippen molar-refractivity contribution < 1.29 is 4.74 Å². The highest BCUT2D eigenvalue weighted by atomic mass is 32.2. The predicted molar refractivity (Wildman–Crippen MR) is 95.5 cm³/mol. The molecule has 0 spiro atoms. The minimum atomic E-state index is 0.225. The van der Waals surface area contributed by atoms with Crippen molar-refractivity contribution in [3.63, 3.8) is 0 Å². The van der Waals surface area contributed by atoms with Crippen LogP contribution in [0.5, 0.6) is 5.75 Å². The van der Waals surface area contributed by atoms with Gasteiger partial charge in [0.1, 0.15) is 5.75 Å². The molecule has 1 atom stereocenters. The van der Waals surface area contributed by atoms with E-state index in [2.05, 4.69) is 70.5 Å². The van der Waals surface area contributed by atoms with Crippen LogP contribution in [-0.4, -0.2) is 23.7 Å². The minimum Gasteiger partial charge on any atom is -0.491 e. The first-order valence-corrected chi connectivity index (χ1v) is 9.24. The Hall–Kier alpha value is -0.670. The van der Waals surface area contributed by atoms with Crippen molar-refractivity contribution in [3.05, 3.63) is 29.8 Å². The number of ether oxygens (including phenoxy) is 1. The Morgan fingerprint density at radius 3 is 2.10 bits per heavy atom. The third kappa shape index (κ3) is 5.55. The lowest BCUT2D eigenvalue weighted by molar-refractivity contribution is 0.242. The first-order chi connectivity index (χ1) is 9.96. The maximum Gasteiger partial charge on any atom is 0.119 e. The van der Waals surface area contributed by atoms with Gasteiger partial charge in [-0.25, -0.2) is 0 Å². The topological polar surface area (TPSA) is 21.3 Å². The van der Waals surface area contributed by atoms with Crippen LogP contribution in [0.3, 0.4) is 0 Å². The predicted octanol–water partition coefficient (Wildman–Crippen LogP) is 5.05. The van der Waals surface area contributed by atoms with E-state index in [1.165, 1.54) is 18.4 Å². The average molecular weight is 310 g/mol. The van der Waals surface area contributed by atoms with E-state index in [4.69, 9.17) is 4.74 Å². The van der Waals surface area contributed by atoms with Crippen LogP contribution in [0.2, 0.25) is 0 Å². The quantitative estimate of drug-likeness (QED) is 0.690. The van der Waals surface area contributed by atoms with Gasteiger partial charge in [0, 0.05) is 17.3 Å². The van der Waals surface area contributed by atoms with Gasteiger partial charge in [0.2, 0.25) is 0 Å². The van der Waals surface area contributed by atoms with Gasteiger partial charge >= 0.3 is 0 Å². The Labute approximate surface area is 135 Å². The van der Waals surface area contributed by atoms with Crippen LogP contribution in [0.4, 0.5) is 0 Å². The van der Waals surface area contributed by atoms with Gasteiger partial charge in [-0.1, -0.05) is 26.0 Å². The molecule has 1 rings (SSSR count). The standard InChI is InChI=1S/C18H31NOS/c1-7-18(8-2,21-6)13-19-15(5)16-9-11-17(12-10-16)20-14(3)4/h9-12,14-15,19H,7-8,13H2,1-6H3. The molecule has 21 heavy (non-hydrogen) atoms. The van der Waals surface area contributed by atoms with Gasteiger partial charge in [-0.2, -0.15) is 11.8 Å². The monoisotopic (exact) mass is 309 g/mol. The molecule has 0 aliphatic heterocycles. The summed E-state index contributed by atoms with van der Waals surface area (Å²) in [5.41, 5.74) is 1.31. The van der Waals surface area contributed by atoms with Crippen LogP contribution >= 0.6 is 11.8 Å². The van der Waals surface area contributed by atoms with Crippen molar-refractivity contribution in [3.8, 4) is 5.75 Å². The molecule has 120 valence electrons. The summed E-state index contributed by atoms with van der Waals surface area (Å²) in [6.45, 7) is 11.9. The number of hydrogen-bond donors (Lipinski definition) is 1. The Morgan fingerprint density at radius 2 is 1.67 bits per heavy atom. The Morgan fingerprint density at radius 1 is 1.10 bits per heavy atom. The molecule has 3 heteroatoms. The molecule has 0 bridgehead atoms. The fraction of sp³-hybridized carbons (Fsp3) is 0.667. The third-order valence-electron chi connectivity index (χ3n) is 4.20. The molecular formula is C18H31NOS. The van der Waals surface area contributed by atoms with Gasteiger partial charge in [0.15, 0.2) is 0 Å². The number of nitrogens with one attached hydrogen (secondary N) is 1. The summed E-state index contributed by atoms with van der Waals surface area (Å²) in [5.74, 6) is 0.946. The van der Waals surface area contributed by atoms with E-state index in [0.29, 0.717) is 10.8 Å². The maximum atomic E-state index is 5.69. The summed E-state index contributed by atoms with van der Waals surface area (Å²) < 4.78 is 6.05. The molecule has 1 aromatic rings. The smallest absolute Gasteiger partial charge is 0.119 e. The van der Waals surface area contributed by atoms with Crippen LogP contribution in [0, 0.1) is 0 Å². The Bertz CT molecular complexity index is 390. The molecule has 1 unspecified atom stereocenters. The molecule has 1 aromatic carbocycles. The maximum absolute atomic E-state index is 5.69. The van der Waals surface area contributed by atoms with Crippen LogP contribution in [0.1, 0.15) is 59.1 Å². The summed E-state index contributed by atoms with van der Waals surface area (Å²) in [6.07, 6.45) is 4.84. The second-order valence-electron chi connectivity index (χ2n) is 5.93. The molecule has 0 fully saturated rings. The second kappa shape index (κ2) is 8.70. The van der Waals surface area contributed by atoms with Crippen molar-refractivity contribution in [2.75, 3.05) is 12.8 Å². The first kappa shape index (κ1) is 18.4. The van der Waals surface area contributed by atoms with Gasteiger partial charge in [-0.3, -0.25) is 0 Å². The van der Waals surface area contributed by atoms with Gasteiger partial charge < -0.3 is 10.1 Å². The number of thioether (sulfide) groups is 1. The van der Waals surface area contributed by atoms with E-state index in [1.54, 1.807) is 0 Å². The van der Waals surface area contributed by atoms with Crippen LogP contribution in [-0.2, 0) is 0 Å². The minimum absolute atomic E-state index is 0.225. The summed E-state index contributed by atoms with van der Waals surface area (Å²) in [6, 6.07) is 8.81. The number of hydrogen-bond acceptors (Lipinski definition) is 3. The molecule has 0 aromatic heterocycles. The van der Waals surface area contributed by atoms with E-state index in [9.17, 15) is 0 Å². The van der Waals surface area contributed by atoms with Crippen LogP contribution in [0.25, 0.3) is 0 Å². The third-order valence-corrected chi connectivity index (χ3v) is 5.79. The molecule has 1 N–H and O–H groups in total. The fourth-order valence-corrected chi connectivity index (χ4v) is 3.23. The van der Waals surface area contributed by atoms with E-state index in [-0.39, 0.29) is 6.10 Å². The highest BCUT2D eigenvalue weighted by Crippen LogP contribution is 2.30. The van der Waals surface area contributed by atoms with Gasteiger partial charge in [0.05, 0.1) is 6.10 Å². The fourth-order valence-electron chi connectivity index (χ4n) is 2.43. The highest BCUT2D eigenvalue weighted by molar-refractivity contribution is 8.00. The highest BCUT2D eigenvalue weighted by Gasteiger charge is 2.25. The van der Waals surface area contributed by atoms with Crippen molar-refractivity contribution in [2.24, 2.45) is 0 Å².